The second-order valence-electron chi connectivity index (χ2n) is 4.89. The van der Waals surface area contributed by atoms with Gasteiger partial charge in [-0.15, -0.1) is 0 Å². The van der Waals surface area contributed by atoms with Crippen LogP contribution in [0.3, 0.4) is 0 Å². The molecule has 0 aromatic heterocycles. The van der Waals surface area contributed by atoms with E-state index in [2.05, 4.69) is 4.74 Å². The SMILES string of the molecule is COC(=O)[C@@]1(C(C)=O)O[C@@H](O)[C@H](O)[C@@H](OC(C)=O)[C@@H]1OC(C)=O. The molecule has 5 atom stereocenters. The molecule has 130 valence electrons. The van der Waals surface area contributed by atoms with E-state index in [1.165, 1.54) is 0 Å². The Morgan fingerprint density at radius 2 is 1.52 bits per heavy atom. The third-order valence-electron chi connectivity index (χ3n) is 3.24. The van der Waals surface area contributed by atoms with Crippen molar-refractivity contribution in [3.05, 3.63) is 0 Å². The topological polar surface area (TPSA) is 146 Å². The summed E-state index contributed by atoms with van der Waals surface area (Å²) in [7, 11) is 0.944. The maximum atomic E-state index is 12.1. The quantitative estimate of drug-likeness (QED) is 0.338. The summed E-state index contributed by atoms with van der Waals surface area (Å²) in [6.45, 7) is 2.90. The number of hydrogen-bond donors (Lipinski definition) is 2. The van der Waals surface area contributed by atoms with Crippen LogP contribution in [0.2, 0.25) is 0 Å². The van der Waals surface area contributed by atoms with Crippen molar-refractivity contribution in [3.63, 3.8) is 0 Å². The van der Waals surface area contributed by atoms with E-state index in [-0.39, 0.29) is 0 Å². The van der Waals surface area contributed by atoms with Gasteiger partial charge in [0.2, 0.25) is 0 Å². The van der Waals surface area contributed by atoms with Gasteiger partial charge in [0.05, 0.1) is 7.11 Å². The first-order valence-electron chi connectivity index (χ1n) is 6.55. The number of carbonyl (C=O) groups excluding carboxylic acids is 4. The molecule has 0 spiro atoms. The normalized spacial score (nSPS) is 33.5. The summed E-state index contributed by atoms with van der Waals surface area (Å²) in [6.07, 6.45) is -7.48. The maximum Gasteiger partial charge on any atom is 0.350 e. The van der Waals surface area contributed by atoms with Crippen LogP contribution in [0.5, 0.6) is 0 Å². The molecular formula is C13H18O10. The fraction of sp³-hybridized carbons (Fsp3) is 0.692. The average molecular weight is 334 g/mol. The molecule has 0 unspecified atom stereocenters. The lowest BCUT2D eigenvalue weighted by molar-refractivity contribution is -0.309. The molecule has 1 saturated heterocycles. The molecule has 1 rings (SSSR count). The smallest absolute Gasteiger partial charge is 0.350 e. The van der Waals surface area contributed by atoms with E-state index >= 15 is 0 Å². The molecule has 0 aromatic rings. The lowest BCUT2D eigenvalue weighted by Gasteiger charge is -2.46. The zero-order chi connectivity index (χ0) is 17.9. The predicted octanol–water partition coefficient (Wildman–Crippen LogP) is -1.94. The van der Waals surface area contributed by atoms with Gasteiger partial charge < -0.3 is 29.2 Å². The lowest BCUT2D eigenvalue weighted by atomic mass is 9.83. The number of ether oxygens (including phenoxy) is 4. The fourth-order valence-electron chi connectivity index (χ4n) is 2.29. The summed E-state index contributed by atoms with van der Waals surface area (Å²) in [5.41, 5.74) is -2.58. The van der Waals surface area contributed by atoms with Gasteiger partial charge in [-0.2, -0.15) is 0 Å². The second-order valence-corrected chi connectivity index (χ2v) is 4.89. The first kappa shape index (κ1) is 19.0. The number of ketones is 1. The number of rotatable bonds is 4. The summed E-state index contributed by atoms with van der Waals surface area (Å²) in [5.74, 6) is -4.09. The van der Waals surface area contributed by atoms with Gasteiger partial charge in [-0.1, -0.05) is 0 Å². The molecule has 10 heteroatoms. The Bertz CT molecular complexity index is 515. The number of methoxy groups -OCH3 is 1. The molecule has 1 aliphatic heterocycles. The highest BCUT2D eigenvalue weighted by Crippen LogP contribution is 2.35. The van der Waals surface area contributed by atoms with Gasteiger partial charge >= 0.3 is 17.9 Å². The standard InChI is InChI=1S/C13H18O10/c1-5(14)13(12(19)20-4)10(22-7(3)16)9(21-6(2)15)8(17)11(18)23-13/h8-11,17-18H,1-4H3/t8-,9-,10+,11-,13+/m1/s1. The zero-order valence-electron chi connectivity index (χ0n) is 13.0. The molecule has 2 N–H and O–H groups in total. The van der Waals surface area contributed by atoms with Gasteiger partial charge in [0, 0.05) is 13.8 Å². The van der Waals surface area contributed by atoms with Crippen LogP contribution in [-0.4, -0.2) is 71.2 Å². The van der Waals surface area contributed by atoms with Crippen molar-refractivity contribution in [2.45, 2.75) is 51.0 Å². The van der Waals surface area contributed by atoms with E-state index in [0.717, 1.165) is 27.9 Å². The minimum absolute atomic E-state index is 0.900. The Hall–Kier alpha value is -2.04. The Morgan fingerprint density at radius 3 is 1.91 bits per heavy atom. The van der Waals surface area contributed by atoms with Crippen LogP contribution < -0.4 is 0 Å². The van der Waals surface area contributed by atoms with Crippen LogP contribution in [0.25, 0.3) is 0 Å². The number of esters is 3. The van der Waals surface area contributed by atoms with Crippen LogP contribution in [0.4, 0.5) is 0 Å². The average Bonchev–Trinajstić information content (AvgIpc) is 2.44. The number of aliphatic hydroxyl groups excluding tert-OH is 2. The molecule has 10 nitrogen and oxygen atoms in total. The summed E-state index contributed by atoms with van der Waals surface area (Å²) in [4.78, 5) is 46.7. The Labute approximate surface area is 131 Å². The van der Waals surface area contributed by atoms with Crippen LogP contribution in [0.1, 0.15) is 20.8 Å². The second kappa shape index (κ2) is 7.02. The van der Waals surface area contributed by atoms with Crippen LogP contribution in [-0.2, 0) is 38.1 Å². The van der Waals surface area contributed by atoms with Gasteiger partial charge in [-0.3, -0.25) is 14.4 Å². The molecule has 0 amide bonds. The van der Waals surface area contributed by atoms with Crippen molar-refractivity contribution in [2.75, 3.05) is 7.11 Å². The van der Waals surface area contributed by atoms with Gasteiger partial charge in [0.25, 0.3) is 5.60 Å². The van der Waals surface area contributed by atoms with Crippen LogP contribution in [0.15, 0.2) is 0 Å². The molecule has 0 bridgehead atoms. The van der Waals surface area contributed by atoms with Crippen molar-refractivity contribution >= 4 is 23.7 Å². The van der Waals surface area contributed by atoms with Gasteiger partial charge in [-0.25, -0.2) is 4.79 Å². The molecule has 0 radical (unpaired) electrons. The summed E-state index contributed by atoms with van der Waals surface area (Å²) in [5, 5.41) is 19.7. The molecular weight excluding hydrogens is 316 g/mol. The Balaban J connectivity index is 3.49. The van der Waals surface area contributed by atoms with E-state index in [4.69, 9.17) is 14.2 Å². The number of aliphatic hydroxyl groups is 2. The Kier molecular flexibility index (Phi) is 5.81. The lowest BCUT2D eigenvalue weighted by Crippen LogP contribution is -2.72. The minimum Gasteiger partial charge on any atom is -0.466 e. The third kappa shape index (κ3) is 3.49. The van der Waals surface area contributed by atoms with E-state index in [1.54, 1.807) is 0 Å². The Morgan fingerprint density at radius 1 is 1.00 bits per heavy atom. The summed E-state index contributed by atoms with van der Waals surface area (Å²) >= 11 is 0. The summed E-state index contributed by atoms with van der Waals surface area (Å²) < 4.78 is 19.1. The molecule has 23 heavy (non-hydrogen) atoms. The first-order chi connectivity index (χ1) is 10.6. The largest absolute Gasteiger partial charge is 0.466 e. The van der Waals surface area contributed by atoms with Gasteiger partial charge in [0.15, 0.2) is 24.3 Å². The van der Waals surface area contributed by atoms with E-state index in [0.29, 0.717) is 0 Å². The highest BCUT2D eigenvalue weighted by Gasteiger charge is 2.65. The van der Waals surface area contributed by atoms with Gasteiger partial charge in [0.1, 0.15) is 6.10 Å². The number of hydrogen-bond acceptors (Lipinski definition) is 10. The number of carbonyl (C=O) groups is 4. The van der Waals surface area contributed by atoms with Gasteiger partial charge in [-0.05, 0) is 6.92 Å². The number of Topliss-reactive ketones (excluding diaryl/α,β-unsaturated/α-hetero) is 1. The molecule has 1 heterocycles. The maximum absolute atomic E-state index is 12.1. The summed E-state index contributed by atoms with van der Waals surface area (Å²) in [6, 6.07) is 0. The van der Waals surface area contributed by atoms with E-state index < -0.39 is 53.9 Å². The van der Waals surface area contributed by atoms with Crippen molar-refractivity contribution < 1.29 is 48.3 Å². The highest BCUT2D eigenvalue weighted by molar-refractivity contribution is 6.07. The predicted molar refractivity (Wildman–Crippen MR) is 69.6 cm³/mol. The van der Waals surface area contributed by atoms with Crippen LogP contribution >= 0.6 is 0 Å². The monoisotopic (exact) mass is 334 g/mol. The van der Waals surface area contributed by atoms with Crippen molar-refractivity contribution in [3.8, 4) is 0 Å². The molecule has 0 saturated carbocycles. The van der Waals surface area contributed by atoms with Crippen LogP contribution in [0, 0.1) is 0 Å². The minimum atomic E-state index is -2.58. The molecule has 0 aliphatic carbocycles. The third-order valence-corrected chi connectivity index (χ3v) is 3.24. The highest BCUT2D eigenvalue weighted by atomic mass is 16.7. The van der Waals surface area contributed by atoms with Crippen molar-refractivity contribution in [1.82, 2.24) is 0 Å². The molecule has 0 aromatic carbocycles. The van der Waals surface area contributed by atoms with E-state index in [1.807, 2.05) is 0 Å². The van der Waals surface area contributed by atoms with Crippen molar-refractivity contribution in [2.24, 2.45) is 0 Å². The zero-order valence-corrected chi connectivity index (χ0v) is 13.0. The fourth-order valence-corrected chi connectivity index (χ4v) is 2.29. The van der Waals surface area contributed by atoms with Crippen molar-refractivity contribution in [1.29, 1.82) is 0 Å². The molecule has 1 aliphatic rings. The molecule has 1 fully saturated rings. The van der Waals surface area contributed by atoms with E-state index in [9.17, 15) is 29.4 Å². The first-order valence-corrected chi connectivity index (χ1v) is 6.55.